The van der Waals surface area contributed by atoms with Crippen molar-refractivity contribution >= 4 is 48.1 Å². The molecule has 0 spiro atoms. The molecule has 4 rings (SSSR count). The van der Waals surface area contributed by atoms with Gasteiger partial charge in [0.1, 0.15) is 0 Å². The van der Waals surface area contributed by atoms with Gasteiger partial charge in [-0.25, -0.2) is 8.78 Å². The third-order valence-electron chi connectivity index (χ3n) is 4.06. The fraction of sp³-hybridized carbons (Fsp3) is 0.105. The molecular weight excluding hydrogens is 376 g/mol. The Morgan fingerprint density at radius 1 is 1.04 bits per heavy atom. The summed E-state index contributed by atoms with van der Waals surface area (Å²) < 4.78 is 29.5. The minimum Gasteiger partial charge on any atom is -0.387 e. The van der Waals surface area contributed by atoms with Crippen molar-refractivity contribution in [2.45, 2.75) is 6.10 Å². The number of fused-ring (bicyclic) bond motifs is 3. The third kappa shape index (κ3) is 3.09. The van der Waals surface area contributed by atoms with Crippen LogP contribution in [0, 0.1) is 11.6 Å². The van der Waals surface area contributed by atoms with E-state index >= 15 is 0 Å². The first kappa shape index (κ1) is 17.1. The third-order valence-corrected chi connectivity index (χ3v) is 6.47. The Balaban J connectivity index is 1.49. The number of carbonyl (C=O) groups is 1. The van der Waals surface area contributed by atoms with Crippen molar-refractivity contribution in [2.24, 2.45) is 0 Å². The average molecular weight is 389 g/mol. The highest BCUT2D eigenvalue weighted by atomic mass is 32.1. The molecule has 0 aliphatic heterocycles. The number of nitrogens with one attached hydrogen (secondary N) is 1. The van der Waals surface area contributed by atoms with Gasteiger partial charge in [-0.15, -0.1) is 22.7 Å². The number of carbonyl (C=O) groups excluding carboxylic acids is 1. The smallest absolute Gasteiger partial charge is 0.261 e. The van der Waals surface area contributed by atoms with Gasteiger partial charge < -0.3 is 10.4 Å². The summed E-state index contributed by atoms with van der Waals surface area (Å²) in [6, 6.07) is 13.0. The van der Waals surface area contributed by atoms with Crippen molar-refractivity contribution in [1.82, 2.24) is 5.32 Å². The quantitative estimate of drug-likeness (QED) is 0.524. The number of rotatable bonds is 4. The first-order chi connectivity index (χ1) is 12.5. The topological polar surface area (TPSA) is 49.3 Å². The highest BCUT2D eigenvalue weighted by Gasteiger charge is 2.16. The van der Waals surface area contributed by atoms with Crippen molar-refractivity contribution in [2.75, 3.05) is 6.54 Å². The lowest BCUT2D eigenvalue weighted by Gasteiger charge is -2.12. The van der Waals surface area contributed by atoms with Crippen LogP contribution in [0.15, 0.2) is 48.5 Å². The summed E-state index contributed by atoms with van der Waals surface area (Å²) in [5.41, 5.74) is 0.211. The van der Waals surface area contributed by atoms with Crippen LogP contribution in [0.1, 0.15) is 21.3 Å². The standard InChI is InChI=1S/C19H13F2NO2S2/c20-12-6-5-10(7-13(12)21)14(23)9-22-19(24)17-8-16-18(26-17)11-3-1-2-4-15(11)25-16/h1-8,14,23H,9H2,(H,22,24)/t14-/m0/s1. The lowest BCUT2D eigenvalue weighted by molar-refractivity contribution is 0.0920. The van der Waals surface area contributed by atoms with Crippen LogP contribution in [0.2, 0.25) is 0 Å². The molecule has 2 heterocycles. The van der Waals surface area contributed by atoms with Crippen molar-refractivity contribution < 1.29 is 18.7 Å². The maximum atomic E-state index is 13.2. The molecule has 0 saturated heterocycles. The van der Waals surface area contributed by atoms with Gasteiger partial charge in [-0.1, -0.05) is 24.3 Å². The molecule has 0 aliphatic rings. The number of hydrogen-bond acceptors (Lipinski definition) is 4. The molecule has 26 heavy (non-hydrogen) atoms. The van der Waals surface area contributed by atoms with Gasteiger partial charge >= 0.3 is 0 Å². The highest BCUT2D eigenvalue weighted by molar-refractivity contribution is 7.33. The minimum absolute atomic E-state index is 0.0871. The number of aliphatic hydroxyl groups excluding tert-OH is 1. The van der Waals surface area contributed by atoms with Gasteiger partial charge in [0.25, 0.3) is 5.91 Å². The van der Waals surface area contributed by atoms with Crippen LogP contribution in [-0.2, 0) is 0 Å². The van der Waals surface area contributed by atoms with Crippen molar-refractivity contribution in [3.8, 4) is 0 Å². The van der Waals surface area contributed by atoms with Crippen LogP contribution in [0.5, 0.6) is 0 Å². The zero-order chi connectivity index (χ0) is 18.3. The minimum atomic E-state index is -1.11. The zero-order valence-corrected chi connectivity index (χ0v) is 15.0. The van der Waals surface area contributed by atoms with Gasteiger partial charge in [0.2, 0.25) is 0 Å². The summed E-state index contributed by atoms with van der Waals surface area (Å²) in [4.78, 5) is 12.9. The first-order valence-electron chi connectivity index (χ1n) is 7.85. The molecule has 132 valence electrons. The Morgan fingerprint density at radius 2 is 1.85 bits per heavy atom. The monoisotopic (exact) mass is 389 g/mol. The van der Waals surface area contributed by atoms with E-state index in [-0.39, 0.29) is 18.0 Å². The molecule has 0 saturated carbocycles. The molecule has 3 nitrogen and oxygen atoms in total. The summed E-state index contributed by atoms with van der Waals surface area (Å²) in [5, 5.41) is 13.8. The van der Waals surface area contributed by atoms with E-state index in [9.17, 15) is 18.7 Å². The van der Waals surface area contributed by atoms with E-state index in [0.29, 0.717) is 4.88 Å². The van der Waals surface area contributed by atoms with Crippen LogP contribution in [-0.4, -0.2) is 17.6 Å². The predicted octanol–water partition coefficient (Wildman–Crippen LogP) is 4.86. The summed E-state index contributed by atoms with van der Waals surface area (Å²) in [5.74, 6) is -2.31. The number of hydrogen-bond donors (Lipinski definition) is 2. The fourth-order valence-corrected chi connectivity index (χ4v) is 5.17. The van der Waals surface area contributed by atoms with Crippen LogP contribution >= 0.6 is 22.7 Å². The second-order valence-electron chi connectivity index (χ2n) is 5.80. The first-order valence-corrected chi connectivity index (χ1v) is 9.48. The highest BCUT2D eigenvalue weighted by Crippen LogP contribution is 2.39. The number of amides is 1. The molecule has 1 amide bonds. The van der Waals surface area contributed by atoms with E-state index in [4.69, 9.17) is 0 Å². The Hall–Kier alpha value is -2.35. The van der Waals surface area contributed by atoms with Gasteiger partial charge in [-0.3, -0.25) is 4.79 Å². The van der Waals surface area contributed by atoms with Crippen molar-refractivity contribution in [3.05, 3.63) is 70.6 Å². The van der Waals surface area contributed by atoms with Gasteiger partial charge in [-0.2, -0.15) is 0 Å². The van der Waals surface area contributed by atoms with E-state index in [1.807, 2.05) is 30.3 Å². The molecule has 0 unspecified atom stereocenters. The molecule has 0 radical (unpaired) electrons. The van der Waals surface area contributed by atoms with Crippen LogP contribution in [0.4, 0.5) is 8.78 Å². The summed E-state index contributed by atoms with van der Waals surface area (Å²) in [6.07, 6.45) is -1.11. The van der Waals surface area contributed by atoms with Gasteiger partial charge in [0.15, 0.2) is 11.6 Å². The second kappa shape index (κ2) is 6.75. The van der Waals surface area contributed by atoms with Crippen molar-refractivity contribution in [1.29, 1.82) is 0 Å². The Morgan fingerprint density at radius 3 is 2.65 bits per heavy atom. The maximum Gasteiger partial charge on any atom is 0.261 e. The Kier molecular flexibility index (Phi) is 4.44. The number of thiophene rings is 2. The Bertz CT molecular complexity index is 1120. The van der Waals surface area contributed by atoms with Crippen LogP contribution in [0.3, 0.4) is 0 Å². The average Bonchev–Trinajstić information content (AvgIpc) is 3.19. The SMILES string of the molecule is O=C(NC[C@H](O)c1ccc(F)c(F)c1)c1cc2sc3ccccc3c2s1. The number of halogens is 2. The molecule has 2 aromatic carbocycles. The molecule has 0 fully saturated rings. The van der Waals surface area contributed by atoms with Gasteiger partial charge in [0, 0.05) is 21.3 Å². The van der Waals surface area contributed by atoms with E-state index in [1.54, 1.807) is 11.3 Å². The maximum absolute atomic E-state index is 13.2. The molecule has 0 bridgehead atoms. The summed E-state index contributed by atoms with van der Waals surface area (Å²) in [6.45, 7) is -0.0871. The normalized spacial score (nSPS) is 12.6. The molecular formula is C19H13F2NO2S2. The zero-order valence-electron chi connectivity index (χ0n) is 13.3. The van der Waals surface area contributed by atoms with Crippen LogP contribution < -0.4 is 5.32 Å². The molecule has 2 aromatic heterocycles. The van der Waals surface area contributed by atoms with Crippen LogP contribution in [0.25, 0.3) is 19.5 Å². The molecule has 1 atom stereocenters. The van der Waals surface area contributed by atoms with E-state index in [1.165, 1.54) is 22.1 Å². The molecule has 7 heteroatoms. The molecule has 2 N–H and O–H groups in total. The van der Waals surface area contributed by atoms with E-state index in [0.717, 1.165) is 26.9 Å². The predicted molar refractivity (Wildman–Crippen MR) is 101 cm³/mol. The lowest BCUT2D eigenvalue weighted by atomic mass is 10.1. The van der Waals surface area contributed by atoms with Crippen molar-refractivity contribution in [3.63, 3.8) is 0 Å². The molecule has 4 aromatic rings. The van der Waals surface area contributed by atoms with Gasteiger partial charge in [-0.05, 0) is 29.8 Å². The fourth-order valence-electron chi connectivity index (χ4n) is 2.73. The number of benzene rings is 2. The molecule has 0 aliphatic carbocycles. The Labute approximate surface area is 155 Å². The summed E-state index contributed by atoms with van der Waals surface area (Å²) >= 11 is 3.03. The second-order valence-corrected chi connectivity index (χ2v) is 7.94. The summed E-state index contributed by atoms with van der Waals surface area (Å²) in [7, 11) is 0. The lowest BCUT2D eigenvalue weighted by Crippen LogP contribution is -2.27. The van der Waals surface area contributed by atoms with Gasteiger partial charge in [0.05, 0.1) is 15.7 Å². The van der Waals surface area contributed by atoms with E-state index < -0.39 is 17.7 Å². The number of aliphatic hydroxyl groups is 1. The largest absolute Gasteiger partial charge is 0.387 e. The van der Waals surface area contributed by atoms with E-state index in [2.05, 4.69) is 5.32 Å².